The molecule has 0 spiro atoms. The van der Waals surface area contributed by atoms with E-state index in [0.717, 1.165) is 12.8 Å². The van der Waals surface area contributed by atoms with Crippen LogP contribution in [0.2, 0.25) is 0 Å². The van der Waals surface area contributed by atoms with Crippen molar-refractivity contribution >= 4 is 17.2 Å². The minimum absolute atomic E-state index is 0.149. The zero-order chi connectivity index (χ0) is 16.6. The van der Waals surface area contributed by atoms with E-state index in [4.69, 9.17) is 14.4 Å². The maximum Gasteiger partial charge on any atom is 0.410 e. The van der Waals surface area contributed by atoms with E-state index < -0.39 is 5.60 Å². The Morgan fingerprint density at radius 1 is 1.48 bits per heavy atom. The summed E-state index contributed by atoms with van der Waals surface area (Å²) in [5, 5.41) is 8.94. The van der Waals surface area contributed by atoms with Crippen LogP contribution in [0.3, 0.4) is 0 Å². The lowest BCUT2D eigenvalue weighted by Crippen LogP contribution is -2.36. The van der Waals surface area contributed by atoms with Crippen LogP contribution in [0, 0.1) is 11.3 Å². The zero-order valence-electron chi connectivity index (χ0n) is 13.5. The van der Waals surface area contributed by atoms with Gasteiger partial charge in [0.1, 0.15) is 22.9 Å². The fraction of sp³-hybridized carbons (Fsp3) is 0.471. The number of rotatable bonds is 1. The van der Waals surface area contributed by atoms with E-state index in [0.29, 0.717) is 29.0 Å². The number of fused-ring (bicyclic) bond motifs is 1. The molecule has 0 saturated carbocycles. The van der Waals surface area contributed by atoms with Gasteiger partial charge in [-0.2, -0.15) is 5.26 Å². The minimum atomic E-state index is -0.526. The number of aromatic nitrogens is 1. The van der Waals surface area contributed by atoms with E-state index in [1.807, 2.05) is 32.9 Å². The van der Waals surface area contributed by atoms with Crippen LogP contribution in [0.1, 0.15) is 51.0 Å². The van der Waals surface area contributed by atoms with Gasteiger partial charge in [-0.3, -0.25) is 9.88 Å². The first-order valence-corrected chi connectivity index (χ1v) is 7.66. The molecule has 2 aromatic heterocycles. The Labute approximate surface area is 134 Å². The third-order valence-corrected chi connectivity index (χ3v) is 3.73. The lowest BCUT2D eigenvalue weighted by atomic mass is 10.1. The van der Waals surface area contributed by atoms with Crippen molar-refractivity contribution in [3.05, 3.63) is 29.7 Å². The SMILES string of the molecule is CC(C)(C)OC(=O)N1CCCC1c1cc2ncc(C#N)cc2o1. The molecule has 1 fully saturated rings. The number of ether oxygens (including phenoxy) is 1. The summed E-state index contributed by atoms with van der Waals surface area (Å²) in [6.07, 6.45) is 2.91. The highest BCUT2D eigenvalue weighted by molar-refractivity contribution is 5.75. The molecule has 6 heteroatoms. The first kappa shape index (κ1) is 15.3. The highest BCUT2D eigenvalue weighted by atomic mass is 16.6. The average Bonchev–Trinajstić information content (AvgIpc) is 3.10. The molecule has 0 radical (unpaired) electrons. The molecule has 0 aromatic carbocycles. The standard InChI is InChI=1S/C17H19N3O3/c1-17(2,3)23-16(21)20-6-4-5-13(20)15-8-12-14(22-15)7-11(9-18)10-19-12/h7-8,10,13H,4-6H2,1-3H3. The Hall–Kier alpha value is -2.55. The molecule has 3 heterocycles. The van der Waals surface area contributed by atoms with Crippen molar-refractivity contribution in [1.29, 1.82) is 5.26 Å². The Bertz CT molecular complexity index is 782. The Morgan fingerprint density at radius 2 is 2.26 bits per heavy atom. The maximum absolute atomic E-state index is 12.4. The summed E-state index contributed by atoms with van der Waals surface area (Å²) in [6, 6.07) is 5.40. The molecule has 23 heavy (non-hydrogen) atoms. The second kappa shape index (κ2) is 5.58. The van der Waals surface area contributed by atoms with Gasteiger partial charge in [0.2, 0.25) is 0 Å². The van der Waals surface area contributed by atoms with Gasteiger partial charge in [0.15, 0.2) is 5.58 Å². The van der Waals surface area contributed by atoms with Gasteiger partial charge >= 0.3 is 6.09 Å². The van der Waals surface area contributed by atoms with Gasteiger partial charge in [-0.05, 0) is 33.6 Å². The molecule has 3 rings (SSSR count). The van der Waals surface area contributed by atoms with Gasteiger partial charge in [-0.1, -0.05) is 0 Å². The van der Waals surface area contributed by atoms with E-state index in [1.54, 1.807) is 11.0 Å². The monoisotopic (exact) mass is 313 g/mol. The van der Waals surface area contributed by atoms with Crippen LogP contribution in [0.25, 0.3) is 11.1 Å². The van der Waals surface area contributed by atoms with Gasteiger partial charge < -0.3 is 9.15 Å². The summed E-state index contributed by atoms with van der Waals surface area (Å²) in [5.74, 6) is 0.686. The van der Waals surface area contributed by atoms with Crippen molar-refractivity contribution in [3.8, 4) is 6.07 Å². The highest BCUT2D eigenvalue weighted by Gasteiger charge is 2.35. The zero-order valence-corrected chi connectivity index (χ0v) is 13.5. The van der Waals surface area contributed by atoms with E-state index in [-0.39, 0.29) is 12.1 Å². The summed E-state index contributed by atoms with van der Waals surface area (Å²) in [5.41, 5.74) is 1.18. The number of pyridine rings is 1. The van der Waals surface area contributed by atoms with Crippen LogP contribution in [-0.2, 0) is 4.74 Å². The topological polar surface area (TPSA) is 79.4 Å². The predicted molar refractivity (Wildman–Crippen MR) is 83.6 cm³/mol. The molecule has 2 aromatic rings. The van der Waals surface area contributed by atoms with Gasteiger partial charge in [0.05, 0.1) is 11.6 Å². The molecule has 120 valence electrons. The van der Waals surface area contributed by atoms with Crippen molar-refractivity contribution in [3.63, 3.8) is 0 Å². The molecule has 1 amide bonds. The van der Waals surface area contributed by atoms with Crippen molar-refractivity contribution < 1.29 is 13.9 Å². The van der Waals surface area contributed by atoms with Crippen LogP contribution in [0.5, 0.6) is 0 Å². The molecule has 0 bridgehead atoms. The minimum Gasteiger partial charge on any atom is -0.457 e. The molecule has 1 saturated heterocycles. The van der Waals surface area contributed by atoms with Crippen LogP contribution in [0.15, 0.2) is 22.7 Å². The summed E-state index contributed by atoms with van der Waals surface area (Å²) in [7, 11) is 0. The summed E-state index contributed by atoms with van der Waals surface area (Å²) >= 11 is 0. The summed E-state index contributed by atoms with van der Waals surface area (Å²) in [4.78, 5) is 18.3. The molecular formula is C17H19N3O3. The lowest BCUT2D eigenvalue weighted by molar-refractivity contribution is 0.0209. The molecular weight excluding hydrogens is 294 g/mol. The Balaban J connectivity index is 1.88. The number of hydrogen-bond donors (Lipinski definition) is 0. The molecule has 1 atom stereocenters. The first-order valence-electron chi connectivity index (χ1n) is 7.66. The quantitative estimate of drug-likeness (QED) is 0.800. The number of furan rings is 1. The van der Waals surface area contributed by atoms with Crippen molar-refractivity contribution in [2.24, 2.45) is 0 Å². The van der Waals surface area contributed by atoms with Crippen molar-refractivity contribution in [2.75, 3.05) is 6.54 Å². The molecule has 1 aliphatic heterocycles. The second-order valence-corrected chi connectivity index (χ2v) is 6.70. The summed E-state index contributed by atoms with van der Waals surface area (Å²) in [6.45, 7) is 6.20. The fourth-order valence-corrected chi connectivity index (χ4v) is 2.76. The average molecular weight is 313 g/mol. The number of nitrogens with zero attached hydrogens (tertiary/aromatic N) is 3. The van der Waals surface area contributed by atoms with Crippen molar-refractivity contribution in [1.82, 2.24) is 9.88 Å². The number of nitriles is 1. The molecule has 1 aliphatic rings. The lowest BCUT2D eigenvalue weighted by Gasteiger charge is -2.27. The predicted octanol–water partition coefficient (Wildman–Crippen LogP) is 3.77. The van der Waals surface area contributed by atoms with Crippen LogP contribution < -0.4 is 0 Å². The molecule has 0 N–H and O–H groups in total. The Morgan fingerprint density at radius 3 is 2.96 bits per heavy atom. The van der Waals surface area contributed by atoms with Crippen LogP contribution >= 0.6 is 0 Å². The van der Waals surface area contributed by atoms with Gasteiger partial charge in [0, 0.05) is 24.9 Å². The van der Waals surface area contributed by atoms with Gasteiger partial charge in [0.25, 0.3) is 0 Å². The molecule has 1 unspecified atom stereocenters. The maximum atomic E-state index is 12.4. The Kier molecular flexibility index (Phi) is 3.72. The molecule has 0 aliphatic carbocycles. The summed E-state index contributed by atoms with van der Waals surface area (Å²) < 4.78 is 11.3. The highest BCUT2D eigenvalue weighted by Crippen LogP contribution is 2.35. The van der Waals surface area contributed by atoms with E-state index >= 15 is 0 Å². The largest absolute Gasteiger partial charge is 0.457 e. The number of carbonyl (C=O) groups is 1. The van der Waals surface area contributed by atoms with Crippen LogP contribution in [-0.4, -0.2) is 28.1 Å². The number of carbonyl (C=O) groups excluding carboxylic acids is 1. The first-order chi connectivity index (χ1) is 10.9. The van der Waals surface area contributed by atoms with E-state index in [2.05, 4.69) is 4.98 Å². The van der Waals surface area contributed by atoms with Crippen molar-refractivity contribution in [2.45, 2.75) is 45.3 Å². The third kappa shape index (κ3) is 3.14. The second-order valence-electron chi connectivity index (χ2n) is 6.70. The normalized spacial score (nSPS) is 18.2. The van der Waals surface area contributed by atoms with Crippen LogP contribution in [0.4, 0.5) is 4.79 Å². The molecule has 6 nitrogen and oxygen atoms in total. The van der Waals surface area contributed by atoms with E-state index in [9.17, 15) is 4.79 Å². The van der Waals surface area contributed by atoms with Gasteiger partial charge in [-0.15, -0.1) is 0 Å². The number of likely N-dealkylation sites (tertiary alicyclic amines) is 1. The van der Waals surface area contributed by atoms with E-state index in [1.165, 1.54) is 6.20 Å². The van der Waals surface area contributed by atoms with Gasteiger partial charge in [-0.25, -0.2) is 4.79 Å². The smallest absolute Gasteiger partial charge is 0.410 e. The third-order valence-electron chi connectivity index (χ3n) is 3.73. The number of amides is 1. The fourth-order valence-electron chi connectivity index (χ4n) is 2.76. The number of hydrogen-bond acceptors (Lipinski definition) is 5.